The second kappa shape index (κ2) is 11.1. The number of anilines is 2. The van der Waals surface area contributed by atoms with E-state index < -0.39 is 17.8 Å². The molecule has 0 bridgehead atoms. The van der Waals surface area contributed by atoms with Crippen LogP contribution in [0.15, 0.2) is 42.7 Å². The van der Waals surface area contributed by atoms with Crippen LogP contribution in [-0.2, 0) is 17.3 Å². The Labute approximate surface area is 197 Å². The van der Waals surface area contributed by atoms with E-state index in [0.29, 0.717) is 32.0 Å². The highest BCUT2D eigenvalue weighted by Gasteiger charge is 2.32. The van der Waals surface area contributed by atoms with Crippen LogP contribution in [0.1, 0.15) is 24.0 Å². The number of halogens is 3. The van der Waals surface area contributed by atoms with Crippen LogP contribution >= 0.6 is 0 Å². The quantitative estimate of drug-likeness (QED) is 0.663. The summed E-state index contributed by atoms with van der Waals surface area (Å²) in [5.74, 6) is 0. The van der Waals surface area contributed by atoms with Gasteiger partial charge in [0.2, 0.25) is 0 Å². The third kappa shape index (κ3) is 6.60. The van der Waals surface area contributed by atoms with Crippen molar-refractivity contribution in [2.24, 2.45) is 0 Å². The molecule has 2 fully saturated rings. The number of alkyl halides is 3. The number of carbonyl (C=O) groups excluding carboxylic acids is 1. The van der Waals surface area contributed by atoms with Crippen molar-refractivity contribution < 1.29 is 22.7 Å². The highest BCUT2D eigenvalue weighted by molar-refractivity contribution is 5.93. The molecule has 2 aromatic rings. The van der Waals surface area contributed by atoms with Gasteiger partial charge in [0.05, 0.1) is 30.2 Å². The van der Waals surface area contributed by atoms with Crippen molar-refractivity contribution in [2.45, 2.75) is 31.5 Å². The number of rotatable bonds is 6. The minimum absolute atomic E-state index is 0.0187. The van der Waals surface area contributed by atoms with E-state index in [1.54, 1.807) is 12.4 Å². The van der Waals surface area contributed by atoms with Gasteiger partial charge in [-0.3, -0.25) is 4.98 Å². The summed E-state index contributed by atoms with van der Waals surface area (Å²) in [5.41, 5.74) is 1.18. The molecule has 4 rings (SSSR count). The summed E-state index contributed by atoms with van der Waals surface area (Å²) < 4.78 is 45.2. The maximum Gasteiger partial charge on any atom is 0.416 e. The van der Waals surface area contributed by atoms with Crippen LogP contribution in [-0.4, -0.2) is 67.9 Å². The second-order valence-corrected chi connectivity index (χ2v) is 8.65. The molecule has 3 heterocycles. The van der Waals surface area contributed by atoms with E-state index in [9.17, 15) is 18.0 Å². The van der Waals surface area contributed by atoms with E-state index in [-0.39, 0.29) is 11.7 Å². The minimum Gasteiger partial charge on any atom is -0.378 e. The number of benzene rings is 1. The average Bonchev–Trinajstić information content (AvgIpc) is 2.84. The summed E-state index contributed by atoms with van der Waals surface area (Å²) in [6, 6.07) is 7.00. The molecule has 1 aromatic carbocycles. The van der Waals surface area contributed by atoms with Gasteiger partial charge >= 0.3 is 12.2 Å². The summed E-state index contributed by atoms with van der Waals surface area (Å²) in [5, 5.41) is 5.61. The van der Waals surface area contributed by atoms with Gasteiger partial charge in [0.25, 0.3) is 0 Å². The van der Waals surface area contributed by atoms with Crippen molar-refractivity contribution in [1.82, 2.24) is 15.2 Å². The molecule has 0 aliphatic carbocycles. The lowest BCUT2D eigenvalue weighted by Gasteiger charge is -2.33. The van der Waals surface area contributed by atoms with Crippen molar-refractivity contribution in [1.29, 1.82) is 0 Å². The first-order valence-corrected chi connectivity index (χ1v) is 11.6. The molecule has 0 saturated carbocycles. The van der Waals surface area contributed by atoms with Crippen LogP contribution in [0.3, 0.4) is 0 Å². The fourth-order valence-corrected chi connectivity index (χ4v) is 4.37. The monoisotopic (exact) mass is 477 g/mol. The molecule has 2 aliphatic heterocycles. The number of carbonyl (C=O) groups is 1. The van der Waals surface area contributed by atoms with Crippen molar-refractivity contribution in [2.75, 3.05) is 56.2 Å². The molecule has 2 amide bonds. The van der Waals surface area contributed by atoms with Gasteiger partial charge in [-0.1, -0.05) is 0 Å². The van der Waals surface area contributed by atoms with Crippen LogP contribution < -0.4 is 15.5 Å². The Kier molecular flexibility index (Phi) is 7.89. The Morgan fingerprint density at radius 3 is 2.44 bits per heavy atom. The predicted octanol–water partition coefficient (Wildman–Crippen LogP) is 3.77. The van der Waals surface area contributed by atoms with Gasteiger partial charge in [0.1, 0.15) is 0 Å². The van der Waals surface area contributed by atoms with Crippen molar-refractivity contribution in [3.05, 3.63) is 53.9 Å². The number of piperidine rings is 1. The van der Waals surface area contributed by atoms with Gasteiger partial charge in [-0.05, 0) is 55.2 Å². The molecule has 7 nitrogen and oxygen atoms in total. The number of aromatic nitrogens is 1. The van der Waals surface area contributed by atoms with Gasteiger partial charge in [0, 0.05) is 51.2 Å². The Hall–Kier alpha value is -2.85. The molecule has 2 N–H and O–H groups in total. The Morgan fingerprint density at radius 1 is 1.06 bits per heavy atom. The molecular formula is C24H30F3N5O2. The van der Waals surface area contributed by atoms with E-state index in [4.69, 9.17) is 4.74 Å². The number of amides is 2. The van der Waals surface area contributed by atoms with E-state index in [0.717, 1.165) is 51.0 Å². The lowest BCUT2D eigenvalue weighted by Crippen LogP contribution is -2.46. The average molecular weight is 478 g/mol. The number of morpholine rings is 1. The highest BCUT2D eigenvalue weighted by atomic mass is 19.4. The molecule has 2 aliphatic rings. The van der Waals surface area contributed by atoms with Crippen LogP contribution in [0.25, 0.3) is 0 Å². The summed E-state index contributed by atoms with van der Waals surface area (Å²) in [7, 11) is 0. The zero-order valence-electron chi connectivity index (χ0n) is 19.0. The van der Waals surface area contributed by atoms with Gasteiger partial charge in [-0.15, -0.1) is 0 Å². The first-order chi connectivity index (χ1) is 16.4. The number of hydrogen-bond acceptors (Lipinski definition) is 5. The number of hydrogen-bond donors (Lipinski definition) is 2. The fourth-order valence-electron chi connectivity index (χ4n) is 4.37. The first kappa shape index (κ1) is 24.3. The SMILES string of the molecule is O=C(Nc1cc(C(F)(F)F)ccc1N1CCOCC1)NC1CCN(CCc2ccncc2)CC1. The summed E-state index contributed by atoms with van der Waals surface area (Å²) in [6.07, 6.45) is 1.63. The molecule has 10 heteroatoms. The fraction of sp³-hybridized carbons (Fsp3) is 0.500. The summed E-state index contributed by atoms with van der Waals surface area (Å²) in [4.78, 5) is 21.0. The van der Waals surface area contributed by atoms with Gasteiger partial charge in [-0.2, -0.15) is 13.2 Å². The van der Waals surface area contributed by atoms with E-state index in [1.165, 1.54) is 11.6 Å². The topological polar surface area (TPSA) is 69.7 Å². The summed E-state index contributed by atoms with van der Waals surface area (Å²) in [6.45, 7) is 4.76. The maximum atomic E-state index is 13.3. The third-order valence-corrected chi connectivity index (χ3v) is 6.31. The molecule has 184 valence electrons. The van der Waals surface area contributed by atoms with Crippen molar-refractivity contribution in [3.8, 4) is 0 Å². The molecule has 0 unspecified atom stereocenters. The summed E-state index contributed by atoms with van der Waals surface area (Å²) >= 11 is 0. The van der Waals surface area contributed by atoms with E-state index in [1.807, 2.05) is 17.0 Å². The molecule has 0 spiro atoms. The van der Waals surface area contributed by atoms with Crippen LogP contribution in [0, 0.1) is 0 Å². The Balaban J connectivity index is 1.32. The van der Waals surface area contributed by atoms with Gasteiger partial charge in [0.15, 0.2) is 0 Å². The standard InChI is InChI=1S/C24H30F3N5O2/c25-24(26,27)19-1-2-22(32-13-15-34-16-14-32)21(17-19)30-23(33)29-20-6-11-31(12-7-20)10-5-18-3-8-28-9-4-18/h1-4,8-9,17,20H,5-7,10-16H2,(H2,29,30,33). The second-order valence-electron chi connectivity index (χ2n) is 8.65. The van der Waals surface area contributed by atoms with Crippen LogP contribution in [0.5, 0.6) is 0 Å². The normalized spacial score (nSPS) is 18.0. The van der Waals surface area contributed by atoms with Crippen molar-refractivity contribution in [3.63, 3.8) is 0 Å². The molecule has 2 saturated heterocycles. The molecule has 34 heavy (non-hydrogen) atoms. The predicted molar refractivity (Wildman–Crippen MR) is 124 cm³/mol. The molecule has 1 aromatic heterocycles. The maximum absolute atomic E-state index is 13.3. The van der Waals surface area contributed by atoms with Crippen molar-refractivity contribution >= 4 is 17.4 Å². The highest BCUT2D eigenvalue weighted by Crippen LogP contribution is 2.35. The van der Waals surface area contributed by atoms with E-state index in [2.05, 4.69) is 20.5 Å². The molecule has 0 radical (unpaired) electrons. The number of nitrogens with zero attached hydrogens (tertiary/aromatic N) is 3. The largest absolute Gasteiger partial charge is 0.416 e. The van der Waals surface area contributed by atoms with Gasteiger partial charge in [-0.25, -0.2) is 4.79 Å². The van der Waals surface area contributed by atoms with Gasteiger partial charge < -0.3 is 25.2 Å². The number of nitrogens with one attached hydrogen (secondary N) is 2. The number of ether oxygens (including phenoxy) is 1. The number of pyridine rings is 1. The lowest BCUT2D eigenvalue weighted by atomic mass is 10.0. The third-order valence-electron chi connectivity index (χ3n) is 6.31. The van der Waals surface area contributed by atoms with E-state index >= 15 is 0 Å². The van der Waals surface area contributed by atoms with Crippen LogP contribution in [0.4, 0.5) is 29.3 Å². The molecular weight excluding hydrogens is 447 g/mol. The Morgan fingerprint density at radius 2 is 1.76 bits per heavy atom. The number of likely N-dealkylation sites (tertiary alicyclic amines) is 1. The first-order valence-electron chi connectivity index (χ1n) is 11.6. The number of urea groups is 1. The smallest absolute Gasteiger partial charge is 0.378 e. The lowest BCUT2D eigenvalue weighted by molar-refractivity contribution is -0.137. The van der Waals surface area contributed by atoms with Crippen LogP contribution in [0.2, 0.25) is 0 Å². The minimum atomic E-state index is -4.49. The zero-order chi connectivity index (χ0) is 24.0. The zero-order valence-corrected chi connectivity index (χ0v) is 19.0. The molecule has 0 atom stereocenters. The Bertz CT molecular complexity index is 943.